The molecule has 0 spiro atoms. The first-order valence-electron chi connectivity index (χ1n) is 7.90. The van der Waals surface area contributed by atoms with Crippen LogP contribution in [-0.2, 0) is 13.0 Å². The van der Waals surface area contributed by atoms with Crippen molar-refractivity contribution in [2.75, 3.05) is 0 Å². The Morgan fingerprint density at radius 2 is 2.25 bits per heavy atom. The van der Waals surface area contributed by atoms with E-state index < -0.39 is 0 Å². The fraction of sp³-hybridized carbons (Fsp3) is 0.278. The Morgan fingerprint density at radius 1 is 1.38 bits per heavy atom. The van der Waals surface area contributed by atoms with E-state index in [1.165, 1.54) is 11.3 Å². The van der Waals surface area contributed by atoms with Gasteiger partial charge in [0.1, 0.15) is 15.6 Å². The highest BCUT2D eigenvalue weighted by Gasteiger charge is 2.16. The minimum absolute atomic E-state index is 0.129. The second kappa shape index (κ2) is 7.40. The van der Waals surface area contributed by atoms with Crippen molar-refractivity contribution in [2.45, 2.75) is 33.2 Å². The maximum absolute atomic E-state index is 12.4. The van der Waals surface area contributed by atoms with E-state index in [1.807, 2.05) is 25.1 Å². The van der Waals surface area contributed by atoms with Crippen LogP contribution in [0.4, 0.5) is 0 Å². The minimum atomic E-state index is -0.129. The molecule has 3 rings (SSSR count). The van der Waals surface area contributed by atoms with Crippen LogP contribution < -0.4 is 5.32 Å². The first-order valence-corrected chi connectivity index (χ1v) is 8.72. The van der Waals surface area contributed by atoms with Gasteiger partial charge in [0.2, 0.25) is 0 Å². The van der Waals surface area contributed by atoms with Gasteiger partial charge in [0.05, 0.1) is 18.5 Å². The van der Waals surface area contributed by atoms with Crippen molar-refractivity contribution in [1.82, 2.24) is 15.3 Å². The highest BCUT2D eigenvalue weighted by Crippen LogP contribution is 2.28. The molecule has 24 heavy (non-hydrogen) atoms. The number of hydrogen-bond donors (Lipinski definition) is 1. The van der Waals surface area contributed by atoms with E-state index in [2.05, 4.69) is 22.2 Å². The number of rotatable bonds is 6. The number of thiazole rings is 1. The predicted molar refractivity (Wildman–Crippen MR) is 94.0 cm³/mol. The molecule has 0 aromatic carbocycles. The molecule has 0 atom stereocenters. The van der Waals surface area contributed by atoms with Crippen LogP contribution >= 0.6 is 11.3 Å². The topological polar surface area (TPSA) is 68.0 Å². The summed E-state index contributed by atoms with van der Waals surface area (Å²) in [6.45, 7) is 4.35. The van der Waals surface area contributed by atoms with Crippen LogP contribution in [0.5, 0.6) is 0 Å². The average Bonchev–Trinajstić information content (AvgIpc) is 3.23. The number of aromatic nitrogens is 2. The third-order valence-electron chi connectivity index (χ3n) is 3.58. The zero-order chi connectivity index (χ0) is 16.9. The SMILES string of the molecule is CCCc1cc(-c2nc(C)c(C(=O)NCc3ccco3)s2)ccn1. The predicted octanol–water partition coefficient (Wildman–Crippen LogP) is 3.99. The summed E-state index contributed by atoms with van der Waals surface area (Å²) < 4.78 is 5.23. The molecule has 0 aliphatic heterocycles. The molecule has 1 amide bonds. The molecule has 0 aliphatic carbocycles. The Labute approximate surface area is 144 Å². The van der Waals surface area contributed by atoms with Gasteiger partial charge in [-0.2, -0.15) is 0 Å². The van der Waals surface area contributed by atoms with Crippen molar-refractivity contribution in [2.24, 2.45) is 0 Å². The highest BCUT2D eigenvalue weighted by atomic mass is 32.1. The lowest BCUT2D eigenvalue weighted by atomic mass is 10.2. The first kappa shape index (κ1) is 16.4. The zero-order valence-corrected chi connectivity index (χ0v) is 14.5. The number of furan rings is 1. The molecule has 0 saturated carbocycles. The molecule has 3 aromatic rings. The number of aryl methyl sites for hydroxylation is 2. The molecular formula is C18H19N3O2S. The van der Waals surface area contributed by atoms with Gasteiger partial charge in [-0.1, -0.05) is 13.3 Å². The molecular weight excluding hydrogens is 322 g/mol. The van der Waals surface area contributed by atoms with E-state index in [1.54, 1.807) is 18.5 Å². The van der Waals surface area contributed by atoms with E-state index in [9.17, 15) is 4.79 Å². The molecule has 6 heteroatoms. The fourth-order valence-corrected chi connectivity index (χ4v) is 3.37. The molecule has 124 valence electrons. The van der Waals surface area contributed by atoms with Crippen molar-refractivity contribution in [3.63, 3.8) is 0 Å². The van der Waals surface area contributed by atoms with Crippen LogP contribution in [0.15, 0.2) is 41.1 Å². The summed E-state index contributed by atoms with van der Waals surface area (Å²) in [7, 11) is 0. The summed E-state index contributed by atoms with van der Waals surface area (Å²) in [4.78, 5) is 21.9. The molecule has 0 aliphatic rings. The van der Waals surface area contributed by atoms with Crippen LogP contribution in [0.25, 0.3) is 10.6 Å². The van der Waals surface area contributed by atoms with Crippen LogP contribution in [0.1, 0.15) is 40.2 Å². The molecule has 1 N–H and O–H groups in total. The number of nitrogens with one attached hydrogen (secondary N) is 1. The summed E-state index contributed by atoms with van der Waals surface area (Å²) in [5, 5.41) is 3.71. The second-order valence-electron chi connectivity index (χ2n) is 5.48. The third kappa shape index (κ3) is 3.71. The monoisotopic (exact) mass is 341 g/mol. The molecule has 0 unspecified atom stereocenters. The highest BCUT2D eigenvalue weighted by molar-refractivity contribution is 7.17. The number of pyridine rings is 1. The quantitative estimate of drug-likeness (QED) is 0.736. The largest absolute Gasteiger partial charge is 0.467 e. The molecule has 3 heterocycles. The van der Waals surface area contributed by atoms with Gasteiger partial charge in [0.25, 0.3) is 5.91 Å². The first-order chi connectivity index (χ1) is 11.7. The fourth-order valence-electron chi connectivity index (χ4n) is 2.40. The van der Waals surface area contributed by atoms with Gasteiger partial charge in [-0.25, -0.2) is 4.98 Å². The number of carbonyl (C=O) groups is 1. The second-order valence-corrected chi connectivity index (χ2v) is 6.48. The number of carbonyl (C=O) groups excluding carboxylic acids is 1. The van der Waals surface area contributed by atoms with Crippen molar-refractivity contribution in [1.29, 1.82) is 0 Å². The average molecular weight is 341 g/mol. The van der Waals surface area contributed by atoms with Crippen LogP contribution in [0, 0.1) is 6.92 Å². The Hall–Kier alpha value is -2.47. The van der Waals surface area contributed by atoms with Crippen molar-refractivity contribution >= 4 is 17.2 Å². The number of amides is 1. The van der Waals surface area contributed by atoms with Crippen molar-refractivity contribution < 1.29 is 9.21 Å². The van der Waals surface area contributed by atoms with Gasteiger partial charge < -0.3 is 9.73 Å². The van der Waals surface area contributed by atoms with Crippen LogP contribution in [0.2, 0.25) is 0 Å². The standard InChI is InChI=1S/C18H19N3O2S/c1-3-5-14-10-13(7-8-19-14)18-21-12(2)16(24-18)17(22)20-11-15-6-4-9-23-15/h4,6-10H,3,5,11H2,1-2H3,(H,20,22). The normalized spacial score (nSPS) is 10.8. The summed E-state index contributed by atoms with van der Waals surface area (Å²) >= 11 is 1.40. The van der Waals surface area contributed by atoms with E-state index in [4.69, 9.17) is 4.42 Å². The Morgan fingerprint density at radius 3 is 3.00 bits per heavy atom. The Balaban J connectivity index is 1.77. The molecule has 3 aromatic heterocycles. The van der Waals surface area contributed by atoms with E-state index >= 15 is 0 Å². The molecule has 0 fully saturated rings. The van der Waals surface area contributed by atoms with Crippen molar-refractivity contribution in [3.05, 3.63) is 58.8 Å². The molecule has 5 nitrogen and oxygen atoms in total. The van der Waals surface area contributed by atoms with Gasteiger partial charge in [-0.15, -0.1) is 11.3 Å². The molecule has 0 bridgehead atoms. The van der Waals surface area contributed by atoms with E-state index in [-0.39, 0.29) is 5.91 Å². The van der Waals surface area contributed by atoms with Crippen LogP contribution in [-0.4, -0.2) is 15.9 Å². The van der Waals surface area contributed by atoms with Gasteiger partial charge in [-0.3, -0.25) is 9.78 Å². The summed E-state index contributed by atoms with van der Waals surface area (Å²) in [6.07, 6.45) is 5.38. The van der Waals surface area contributed by atoms with Gasteiger partial charge in [0, 0.05) is 17.5 Å². The Kier molecular flexibility index (Phi) is 5.05. The lowest BCUT2D eigenvalue weighted by Gasteiger charge is -2.01. The van der Waals surface area contributed by atoms with E-state index in [0.717, 1.165) is 40.6 Å². The molecule has 0 radical (unpaired) electrons. The summed E-state index contributed by atoms with van der Waals surface area (Å²) in [5.41, 5.74) is 2.79. The number of nitrogens with zero attached hydrogens (tertiary/aromatic N) is 2. The van der Waals surface area contributed by atoms with Gasteiger partial charge in [0.15, 0.2) is 0 Å². The van der Waals surface area contributed by atoms with Gasteiger partial charge >= 0.3 is 0 Å². The van der Waals surface area contributed by atoms with Gasteiger partial charge in [-0.05, 0) is 37.6 Å². The smallest absolute Gasteiger partial charge is 0.263 e. The van der Waals surface area contributed by atoms with Crippen LogP contribution in [0.3, 0.4) is 0 Å². The minimum Gasteiger partial charge on any atom is -0.467 e. The Bertz CT molecular complexity index is 825. The maximum atomic E-state index is 12.4. The summed E-state index contributed by atoms with van der Waals surface area (Å²) in [5.74, 6) is 0.597. The zero-order valence-electron chi connectivity index (χ0n) is 13.7. The lowest BCUT2D eigenvalue weighted by molar-refractivity contribution is 0.0951. The van der Waals surface area contributed by atoms with Crippen molar-refractivity contribution in [3.8, 4) is 10.6 Å². The number of hydrogen-bond acceptors (Lipinski definition) is 5. The lowest BCUT2D eigenvalue weighted by Crippen LogP contribution is -2.22. The maximum Gasteiger partial charge on any atom is 0.263 e. The van der Waals surface area contributed by atoms with E-state index in [0.29, 0.717) is 11.4 Å². The summed E-state index contributed by atoms with van der Waals surface area (Å²) in [6, 6.07) is 7.61. The molecule has 0 saturated heterocycles. The third-order valence-corrected chi connectivity index (χ3v) is 4.78.